The number of hydrogen-bond acceptors (Lipinski definition) is 6. The number of thiophene rings is 1. The Labute approximate surface area is 120 Å². The average molecular weight is 293 g/mol. The molecule has 1 saturated heterocycles. The van der Waals surface area contributed by atoms with Crippen molar-refractivity contribution in [3.8, 4) is 0 Å². The highest BCUT2D eigenvalue weighted by Crippen LogP contribution is 2.33. The number of carboxylic acids is 1. The second-order valence-corrected chi connectivity index (χ2v) is 5.83. The molecule has 2 aromatic heterocycles. The largest absolute Gasteiger partial charge is 0.481 e. The number of carboxylic acid groups (broad SMARTS) is 1. The third kappa shape index (κ3) is 2.03. The van der Waals surface area contributed by atoms with Crippen molar-refractivity contribution in [3.05, 3.63) is 17.3 Å². The molecule has 106 valence electrons. The molecule has 0 amide bonds. The first kappa shape index (κ1) is 13.3. The number of aliphatic carboxylic acids is 1. The van der Waals surface area contributed by atoms with Crippen LogP contribution >= 0.6 is 11.3 Å². The molecule has 7 heteroatoms. The van der Waals surface area contributed by atoms with Crippen LogP contribution < -0.4 is 4.90 Å². The number of hydrogen-bond donors (Lipinski definition) is 1. The Hall–Kier alpha value is -1.73. The third-order valence-electron chi connectivity index (χ3n) is 3.71. The zero-order valence-corrected chi connectivity index (χ0v) is 12.1. The predicted octanol–water partition coefficient (Wildman–Crippen LogP) is 1.54. The lowest BCUT2D eigenvalue weighted by molar-refractivity contribution is -0.141. The van der Waals surface area contributed by atoms with Crippen molar-refractivity contribution in [1.82, 2.24) is 9.97 Å². The van der Waals surface area contributed by atoms with Crippen LogP contribution in [0.15, 0.2) is 11.7 Å². The van der Waals surface area contributed by atoms with Crippen LogP contribution in [0.1, 0.15) is 5.56 Å². The number of aryl methyl sites for hydroxylation is 1. The SMILES string of the molecule is Cc1csc2c(N(C)C3COCC3C(=O)O)ncnc12. The zero-order chi connectivity index (χ0) is 14.3. The monoisotopic (exact) mass is 293 g/mol. The number of rotatable bonds is 3. The van der Waals surface area contributed by atoms with E-state index < -0.39 is 11.9 Å². The first-order valence-corrected chi connectivity index (χ1v) is 7.19. The second kappa shape index (κ2) is 4.99. The minimum absolute atomic E-state index is 0.201. The average Bonchev–Trinajstić information content (AvgIpc) is 3.05. The van der Waals surface area contributed by atoms with Crippen LogP contribution in [0.5, 0.6) is 0 Å². The quantitative estimate of drug-likeness (QED) is 0.925. The molecule has 1 N–H and O–H groups in total. The van der Waals surface area contributed by atoms with Gasteiger partial charge in [-0.3, -0.25) is 4.79 Å². The minimum atomic E-state index is -0.827. The highest BCUT2D eigenvalue weighted by molar-refractivity contribution is 7.18. The maximum absolute atomic E-state index is 11.3. The molecule has 0 bridgehead atoms. The predicted molar refractivity (Wildman–Crippen MR) is 76.3 cm³/mol. The van der Waals surface area contributed by atoms with E-state index in [1.807, 2.05) is 24.3 Å². The van der Waals surface area contributed by atoms with Crippen LogP contribution in [0.3, 0.4) is 0 Å². The van der Waals surface area contributed by atoms with Gasteiger partial charge in [0, 0.05) is 7.05 Å². The summed E-state index contributed by atoms with van der Waals surface area (Å²) in [7, 11) is 1.87. The Morgan fingerprint density at radius 1 is 1.50 bits per heavy atom. The summed E-state index contributed by atoms with van der Waals surface area (Å²) in [6.07, 6.45) is 1.53. The van der Waals surface area contributed by atoms with Gasteiger partial charge >= 0.3 is 5.97 Å². The van der Waals surface area contributed by atoms with Gasteiger partial charge in [-0.1, -0.05) is 0 Å². The molecule has 2 aromatic rings. The van der Waals surface area contributed by atoms with E-state index in [2.05, 4.69) is 9.97 Å². The summed E-state index contributed by atoms with van der Waals surface area (Å²) in [6.45, 7) is 2.67. The third-order valence-corrected chi connectivity index (χ3v) is 4.79. The van der Waals surface area contributed by atoms with E-state index in [1.54, 1.807) is 11.3 Å². The van der Waals surface area contributed by atoms with Crippen LogP contribution in [0.2, 0.25) is 0 Å². The molecule has 0 saturated carbocycles. The molecular formula is C13H15N3O3S. The van der Waals surface area contributed by atoms with Gasteiger partial charge in [0.2, 0.25) is 0 Å². The number of carbonyl (C=O) groups is 1. The fourth-order valence-corrected chi connectivity index (χ4v) is 3.56. The molecule has 0 radical (unpaired) electrons. The Balaban J connectivity index is 2.00. The lowest BCUT2D eigenvalue weighted by Crippen LogP contribution is -2.41. The van der Waals surface area contributed by atoms with Crippen molar-refractivity contribution in [2.24, 2.45) is 5.92 Å². The van der Waals surface area contributed by atoms with E-state index in [-0.39, 0.29) is 12.6 Å². The summed E-state index contributed by atoms with van der Waals surface area (Å²) in [5.74, 6) is -0.576. The van der Waals surface area contributed by atoms with Crippen LogP contribution in [0.25, 0.3) is 10.2 Å². The van der Waals surface area contributed by atoms with Gasteiger partial charge in [-0.2, -0.15) is 0 Å². The van der Waals surface area contributed by atoms with Crippen molar-refractivity contribution in [2.45, 2.75) is 13.0 Å². The van der Waals surface area contributed by atoms with Crippen molar-refractivity contribution >= 4 is 33.3 Å². The molecule has 6 nitrogen and oxygen atoms in total. The Morgan fingerprint density at radius 2 is 2.30 bits per heavy atom. The van der Waals surface area contributed by atoms with Crippen molar-refractivity contribution in [3.63, 3.8) is 0 Å². The van der Waals surface area contributed by atoms with E-state index in [0.717, 1.165) is 21.6 Å². The molecular weight excluding hydrogens is 278 g/mol. The van der Waals surface area contributed by atoms with Crippen LogP contribution in [0, 0.1) is 12.8 Å². The molecule has 2 atom stereocenters. The topological polar surface area (TPSA) is 75.5 Å². The normalized spacial score (nSPS) is 22.3. The fraction of sp³-hybridized carbons (Fsp3) is 0.462. The van der Waals surface area contributed by atoms with E-state index in [1.165, 1.54) is 6.33 Å². The smallest absolute Gasteiger partial charge is 0.311 e. The highest BCUT2D eigenvalue weighted by Gasteiger charge is 2.37. The first-order chi connectivity index (χ1) is 9.59. The number of fused-ring (bicyclic) bond motifs is 1. The molecule has 3 rings (SSSR count). The number of ether oxygens (including phenoxy) is 1. The van der Waals surface area contributed by atoms with Gasteiger partial charge in [-0.25, -0.2) is 9.97 Å². The summed E-state index contributed by atoms with van der Waals surface area (Å²) in [4.78, 5) is 21.8. The van der Waals surface area contributed by atoms with Crippen LogP contribution in [-0.2, 0) is 9.53 Å². The number of likely N-dealkylation sites (N-methyl/N-ethyl adjacent to an activating group) is 1. The van der Waals surface area contributed by atoms with Gasteiger partial charge in [0.25, 0.3) is 0 Å². The van der Waals surface area contributed by atoms with Gasteiger partial charge in [-0.05, 0) is 17.9 Å². The maximum Gasteiger partial charge on any atom is 0.311 e. The van der Waals surface area contributed by atoms with Crippen LogP contribution in [-0.4, -0.2) is 47.3 Å². The molecule has 0 aromatic carbocycles. The van der Waals surface area contributed by atoms with Crippen molar-refractivity contribution in [1.29, 1.82) is 0 Å². The number of anilines is 1. The molecule has 1 aliphatic heterocycles. The molecule has 3 heterocycles. The molecule has 0 spiro atoms. The summed E-state index contributed by atoms with van der Waals surface area (Å²) < 4.78 is 6.32. The van der Waals surface area contributed by atoms with Gasteiger partial charge < -0.3 is 14.7 Å². The van der Waals surface area contributed by atoms with Gasteiger partial charge in [-0.15, -0.1) is 11.3 Å². The van der Waals surface area contributed by atoms with E-state index in [4.69, 9.17) is 4.74 Å². The summed E-state index contributed by atoms with van der Waals surface area (Å²) in [5.41, 5.74) is 2.04. The van der Waals surface area contributed by atoms with Gasteiger partial charge in [0.05, 0.1) is 29.5 Å². The molecule has 1 fully saturated rings. The second-order valence-electron chi connectivity index (χ2n) is 4.95. The first-order valence-electron chi connectivity index (χ1n) is 6.31. The summed E-state index contributed by atoms with van der Waals surface area (Å²) in [5, 5.41) is 11.3. The summed E-state index contributed by atoms with van der Waals surface area (Å²) in [6, 6.07) is -0.201. The van der Waals surface area contributed by atoms with Crippen LogP contribution in [0.4, 0.5) is 5.82 Å². The van der Waals surface area contributed by atoms with Crippen molar-refractivity contribution < 1.29 is 14.6 Å². The van der Waals surface area contributed by atoms with E-state index >= 15 is 0 Å². The van der Waals surface area contributed by atoms with Crippen molar-refractivity contribution in [2.75, 3.05) is 25.2 Å². The van der Waals surface area contributed by atoms with E-state index in [9.17, 15) is 9.90 Å². The molecule has 1 aliphatic rings. The Morgan fingerprint density at radius 3 is 3.05 bits per heavy atom. The van der Waals surface area contributed by atoms with E-state index in [0.29, 0.717) is 6.61 Å². The maximum atomic E-state index is 11.3. The zero-order valence-electron chi connectivity index (χ0n) is 11.2. The Bertz CT molecular complexity index is 657. The highest BCUT2D eigenvalue weighted by atomic mass is 32.1. The summed E-state index contributed by atoms with van der Waals surface area (Å²) >= 11 is 1.58. The lowest BCUT2D eigenvalue weighted by atomic mass is 10.0. The fourth-order valence-electron chi connectivity index (χ4n) is 2.53. The molecule has 0 aliphatic carbocycles. The minimum Gasteiger partial charge on any atom is -0.481 e. The number of aromatic nitrogens is 2. The molecule has 20 heavy (non-hydrogen) atoms. The number of nitrogens with zero attached hydrogens (tertiary/aromatic N) is 3. The van der Waals surface area contributed by atoms with Gasteiger partial charge in [0.1, 0.15) is 18.1 Å². The Kier molecular flexibility index (Phi) is 3.31. The molecule has 2 unspecified atom stereocenters. The van der Waals surface area contributed by atoms with Gasteiger partial charge in [0.15, 0.2) is 0 Å². The standard InChI is InChI=1S/C13H15N3O3S/c1-7-5-20-11-10(7)14-6-15-12(11)16(2)9-4-19-3-8(9)13(17)18/h5-6,8-9H,3-4H2,1-2H3,(H,17,18). The lowest BCUT2D eigenvalue weighted by Gasteiger charge is -2.27.